The lowest BCUT2D eigenvalue weighted by Crippen LogP contribution is -2.54. The molecule has 0 aromatic rings. The van der Waals surface area contributed by atoms with E-state index >= 15 is 0 Å². The summed E-state index contributed by atoms with van der Waals surface area (Å²) in [6, 6.07) is -0.339. The highest BCUT2D eigenvalue weighted by Gasteiger charge is 2.51. The molecule has 2 aliphatic heterocycles. The van der Waals surface area contributed by atoms with Crippen molar-refractivity contribution in [2.24, 2.45) is 0 Å². The number of carbonyl (C=O) groups excluding carboxylic acids is 2. The summed E-state index contributed by atoms with van der Waals surface area (Å²) in [7, 11) is 0. The van der Waals surface area contributed by atoms with Crippen LogP contribution in [0.15, 0.2) is 23.5 Å². The van der Waals surface area contributed by atoms with E-state index in [0.717, 1.165) is 0 Å². The monoisotopic (exact) mass is 252 g/mol. The van der Waals surface area contributed by atoms with Crippen molar-refractivity contribution in [1.82, 2.24) is 10.6 Å². The summed E-state index contributed by atoms with van der Waals surface area (Å²) >= 11 is 0. The number of hydrogen-bond acceptors (Lipinski definition) is 3. The highest BCUT2D eigenvalue weighted by molar-refractivity contribution is 6.05. The van der Waals surface area contributed by atoms with Gasteiger partial charge in [0.25, 0.3) is 0 Å². The number of Topliss-reactive ketones (excluding diaryl/α,β-unsaturated/α-hetero) is 1. The maximum Gasteiger partial charge on any atom is 0.315 e. The SMILES string of the molecule is CC1CC2(CNC(=O)N2)C2=C(C=CC(F)C2=O)O1. The molecule has 0 saturated carbocycles. The van der Waals surface area contributed by atoms with E-state index in [4.69, 9.17) is 4.74 Å². The number of halogens is 1. The van der Waals surface area contributed by atoms with Gasteiger partial charge in [-0.3, -0.25) is 4.79 Å². The van der Waals surface area contributed by atoms with Gasteiger partial charge in [0.15, 0.2) is 6.17 Å². The number of carbonyl (C=O) groups is 2. The smallest absolute Gasteiger partial charge is 0.315 e. The number of hydrogen-bond donors (Lipinski definition) is 2. The number of amides is 2. The van der Waals surface area contributed by atoms with E-state index in [1.165, 1.54) is 12.2 Å². The van der Waals surface area contributed by atoms with Crippen LogP contribution in [0.2, 0.25) is 0 Å². The Labute approximate surface area is 103 Å². The molecule has 18 heavy (non-hydrogen) atoms. The number of fused-ring (bicyclic) bond motifs is 1. The third-order valence-electron chi connectivity index (χ3n) is 3.51. The normalized spacial score (nSPS) is 38.3. The number of nitrogens with one attached hydrogen (secondary N) is 2. The van der Waals surface area contributed by atoms with E-state index in [9.17, 15) is 14.0 Å². The van der Waals surface area contributed by atoms with Crippen LogP contribution in [-0.4, -0.2) is 36.2 Å². The maximum atomic E-state index is 13.5. The van der Waals surface area contributed by atoms with Crippen molar-refractivity contribution in [1.29, 1.82) is 0 Å². The Morgan fingerprint density at radius 1 is 1.50 bits per heavy atom. The van der Waals surface area contributed by atoms with Crippen LogP contribution in [0.4, 0.5) is 9.18 Å². The zero-order valence-corrected chi connectivity index (χ0v) is 9.83. The van der Waals surface area contributed by atoms with Gasteiger partial charge in [-0.1, -0.05) is 0 Å². The second kappa shape index (κ2) is 3.57. The van der Waals surface area contributed by atoms with Gasteiger partial charge < -0.3 is 15.4 Å². The Morgan fingerprint density at radius 2 is 2.28 bits per heavy atom. The summed E-state index contributed by atoms with van der Waals surface area (Å²) in [6.45, 7) is 2.14. The Balaban J connectivity index is 2.11. The van der Waals surface area contributed by atoms with Gasteiger partial charge in [-0.05, 0) is 19.1 Å². The summed E-state index contributed by atoms with van der Waals surface area (Å²) in [5, 5.41) is 5.37. The standard InChI is InChI=1S/C12H13FN2O3/c1-6-4-12(5-14-11(17)15-12)9-8(18-6)3-2-7(13)10(9)16/h2-3,6-7H,4-5H2,1H3,(H2,14,15,17). The summed E-state index contributed by atoms with van der Waals surface area (Å²) < 4.78 is 19.1. The van der Waals surface area contributed by atoms with Crippen molar-refractivity contribution in [2.45, 2.75) is 31.2 Å². The fourth-order valence-electron chi connectivity index (χ4n) is 2.83. The predicted molar refractivity (Wildman–Crippen MR) is 60.5 cm³/mol. The second-order valence-corrected chi connectivity index (χ2v) is 4.89. The molecule has 3 unspecified atom stereocenters. The average Bonchev–Trinajstić information content (AvgIpc) is 2.65. The predicted octanol–water partition coefficient (Wildman–Crippen LogP) is 0.578. The minimum atomic E-state index is -1.66. The lowest BCUT2D eigenvalue weighted by molar-refractivity contribution is -0.120. The number of ether oxygens (including phenoxy) is 1. The molecule has 3 atom stereocenters. The third-order valence-corrected chi connectivity index (χ3v) is 3.51. The first-order valence-electron chi connectivity index (χ1n) is 5.86. The molecule has 1 spiro atoms. The first kappa shape index (κ1) is 11.3. The highest BCUT2D eigenvalue weighted by atomic mass is 19.1. The van der Waals surface area contributed by atoms with E-state index in [-0.39, 0.29) is 24.3 Å². The molecule has 6 heteroatoms. The molecule has 2 N–H and O–H groups in total. The summed E-state index contributed by atoms with van der Waals surface area (Å²) in [6.07, 6.45) is 1.31. The van der Waals surface area contributed by atoms with Crippen LogP contribution in [0.1, 0.15) is 13.3 Å². The quantitative estimate of drug-likeness (QED) is 0.662. The first-order chi connectivity index (χ1) is 8.52. The van der Waals surface area contributed by atoms with Crippen LogP contribution in [0.3, 0.4) is 0 Å². The molecule has 5 nitrogen and oxygen atoms in total. The Morgan fingerprint density at radius 3 is 2.94 bits per heavy atom. The van der Waals surface area contributed by atoms with Crippen LogP contribution in [0, 0.1) is 0 Å². The lowest BCUT2D eigenvalue weighted by Gasteiger charge is -2.39. The number of allylic oxidation sites excluding steroid dienone is 2. The molecule has 0 bridgehead atoms. The maximum absolute atomic E-state index is 13.5. The molecule has 3 rings (SSSR count). The zero-order valence-electron chi connectivity index (χ0n) is 9.83. The second-order valence-electron chi connectivity index (χ2n) is 4.89. The average molecular weight is 252 g/mol. The van der Waals surface area contributed by atoms with Crippen LogP contribution in [0.25, 0.3) is 0 Å². The zero-order chi connectivity index (χ0) is 12.9. The van der Waals surface area contributed by atoms with Gasteiger partial charge in [-0.15, -0.1) is 0 Å². The fourth-order valence-corrected chi connectivity index (χ4v) is 2.83. The van der Waals surface area contributed by atoms with Crippen molar-refractivity contribution < 1.29 is 18.7 Å². The molecule has 0 radical (unpaired) electrons. The van der Waals surface area contributed by atoms with Crippen molar-refractivity contribution in [3.05, 3.63) is 23.5 Å². The van der Waals surface area contributed by atoms with Gasteiger partial charge >= 0.3 is 6.03 Å². The summed E-state index contributed by atoms with van der Waals surface area (Å²) in [5.74, 6) is -0.250. The molecule has 2 heterocycles. The van der Waals surface area contributed by atoms with E-state index in [2.05, 4.69) is 10.6 Å². The van der Waals surface area contributed by atoms with Crippen molar-refractivity contribution in [3.8, 4) is 0 Å². The van der Waals surface area contributed by atoms with Crippen molar-refractivity contribution in [2.75, 3.05) is 6.54 Å². The van der Waals surface area contributed by atoms with Crippen molar-refractivity contribution in [3.63, 3.8) is 0 Å². The Kier molecular flexibility index (Phi) is 2.23. The number of alkyl halides is 1. The third kappa shape index (κ3) is 1.45. The number of urea groups is 1. The minimum absolute atomic E-state index is 0.141. The van der Waals surface area contributed by atoms with E-state index in [1.54, 1.807) is 0 Å². The topological polar surface area (TPSA) is 67.4 Å². The Hall–Kier alpha value is -1.85. The van der Waals surface area contributed by atoms with Gasteiger partial charge in [0.05, 0.1) is 17.2 Å². The molecular weight excluding hydrogens is 239 g/mol. The van der Waals surface area contributed by atoms with Crippen LogP contribution >= 0.6 is 0 Å². The molecule has 0 aromatic carbocycles. The van der Waals surface area contributed by atoms with Gasteiger partial charge in [-0.25, -0.2) is 9.18 Å². The highest BCUT2D eigenvalue weighted by Crippen LogP contribution is 2.38. The number of rotatable bonds is 0. The van der Waals surface area contributed by atoms with Crippen molar-refractivity contribution >= 4 is 11.8 Å². The lowest BCUT2D eigenvalue weighted by atomic mass is 9.77. The fraction of sp³-hybridized carbons (Fsp3) is 0.500. The van der Waals surface area contributed by atoms with Gasteiger partial charge in [-0.2, -0.15) is 0 Å². The molecule has 96 valence electrons. The van der Waals surface area contributed by atoms with Crippen LogP contribution in [-0.2, 0) is 9.53 Å². The summed E-state index contributed by atoms with van der Waals surface area (Å²) in [5.41, 5.74) is -0.593. The molecule has 1 aliphatic carbocycles. The molecule has 2 amide bonds. The van der Waals surface area contributed by atoms with Gasteiger partial charge in [0.1, 0.15) is 5.76 Å². The largest absolute Gasteiger partial charge is 0.490 e. The van der Waals surface area contributed by atoms with E-state index < -0.39 is 17.5 Å². The molecule has 0 aromatic heterocycles. The van der Waals surface area contributed by atoms with E-state index in [0.29, 0.717) is 12.2 Å². The van der Waals surface area contributed by atoms with E-state index in [1.807, 2.05) is 6.92 Å². The van der Waals surface area contributed by atoms with Crippen LogP contribution < -0.4 is 10.6 Å². The molecule has 1 fully saturated rings. The first-order valence-corrected chi connectivity index (χ1v) is 5.86. The van der Waals surface area contributed by atoms with Gasteiger partial charge in [0, 0.05) is 13.0 Å². The molecular formula is C12H13FN2O3. The van der Waals surface area contributed by atoms with Crippen LogP contribution in [0.5, 0.6) is 0 Å². The molecule has 3 aliphatic rings. The number of ketones is 1. The Bertz CT molecular complexity index is 500. The summed E-state index contributed by atoms with van der Waals surface area (Å²) in [4.78, 5) is 23.4. The minimum Gasteiger partial charge on any atom is -0.490 e. The van der Waals surface area contributed by atoms with Gasteiger partial charge in [0.2, 0.25) is 5.78 Å². The molecule has 1 saturated heterocycles.